The van der Waals surface area contributed by atoms with Gasteiger partial charge < -0.3 is 4.74 Å². The van der Waals surface area contributed by atoms with Gasteiger partial charge in [-0.2, -0.15) is 8.78 Å². The van der Waals surface area contributed by atoms with Gasteiger partial charge in [0.15, 0.2) is 0 Å². The number of nitrogens with one attached hydrogen (secondary N) is 1. The highest BCUT2D eigenvalue weighted by Gasteiger charge is 2.15. The van der Waals surface area contributed by atoms with Crippen LogP contribution in [0.15, 0.2) is 57.9 Å². The largest absolute Gasteiger partial charge is 0.434 e. The molecule has 0 aliphatic rings. The first-order valence-corrected chi connectivity index (χ1v) is 8.44. The summed E-state index contributed by atoms with van der Waals surface area (Å²) in [6.07, 6.45) is 0. The van der Waals surface area contributed by atoms with Gasteiger partial charge in [0, 0.05) is 16.6 Å². The summed E-state index contributed by atoms with van der Waals surface area (Å²) in [4.78, 5) is 0.0861. The molecule has 0 amide bonds. The second kappa shape index (κ2) is 7.17. The number of benzene rings is 2. The van der Waals surface area contributed by atoms with Crippen LogP contribution in [0.1, 0.15) is 5.56 Å². The lowest BCUT2D eigenvalue weighted by Gasteiger charge is -2.11. The average molecular weight is 392 g/mol. The topological polar surface area (TPSA) is 55.4 Å². The third-order valence-electron chi connectivity index (χ3n) is 2.77. The van der Waals surface area contributed by atoms with Crippen molar-refractivity contribution in [2.24, 2.45) is 0 Å². The van der Waals surface area contributed by atoms with Crippen LogP contribution in [-0.4, -0.2) is 15.0 Å². The Hall–Kier alpha value is -1.51. The van der Waals surface area contributed by atoms with Crippen LogP contribution in [0.25, 0.3) is 0 Å². The molecule has 0 saturated carbocycles. The monoisotopic (exact) mass is 391 g/mol. The Labute approximate surface area is 135 Å². The van der Waals surface area contributed by atoms with Gasteiger partial charge >= 0.3 is 6.61 Å². The summed E-state index contributed by atoms with van der Waals surface area (Å²) in [5.41, 5.74) is 0.323. The predicted octanol–water partition coefficient (Wildman–Crippen LogP) is 3.53. The smallest absolute Gasteiger partial charge is 0.387 e. The van der Waals surface area contributed by atoms with E-state index in [4.69, 9.17) is 0 Å². The Bertz CT molecular complexity index is 736. The van der Waals surface area contributed by atoms with Crippen LogP contribution in [0.2, 0.25) is 0 Å². The number of ether oxygens (including phenoxy) is 1. The quantitative estimate of drug-likeness (QED) is 0.819. The fourth-order valence-corrected chi connectivity index (χ4v) is 3.00. The Balaban J connectivity index is 2.14. The lowest BCUT2D eigenvalue weighted by atomic mass is 10.2. The van der Waals surface area contributed by atoms with Crippen molar-refractivity contribution < 1.29 is 21.9 Å². The second-order valence-corrected chi connectivity index (χ2v) is 6.95. The van der Waals surface area contributed by atoms with Gasteiger partial charge in [-0.25, -0.2) is 13.1 Å². The van der Waals surface area contributed by atoms with Crippen molar-refractivity contribution in [2.45, 2.75) is 18.1 Å². The minimum absolute atomic E-state index is 0.0593. The van der Waals surface area contributed by atoms with Crippen LogP contribution in [0.5, 0.6) is 5.75 Å². The number of alkyl halides is 2. The van der Waals surface area contributed by atoms with Crippen molar-refractivity contribution in [2.75, 3.05) is 0 Å². The van der Waals surface area contributed by atoms with Gasteiger partial charge in [0.2, 0.25) is 10.0 Å². The standard InChI is InChI=1S/C14H12BrF2NO3S/c15-11-5-7-12(8-6-11)22(19,20)18-9-10-3-1-2-4-13(10)21-14(16)17/h1-8,14,18H,9H2. The molecule has 0 fully saturated rings. The molecule has 0 spiro atoms. The van der Waals surface area contributed by atoms with Gasteiger partial charge in [0.1, 0.15) is 5.75 Å². The van der Waals surface area contributed by atoms with Crippen molar-refractivity contribution in [3.8, 4) is 5.75 Å². The zero-order chi connectivity index (χ0) is 16.2. The number of sulfonamides is 1. The molecule has 0 atom stereocenters. The highest BCUT2D eigenvalue weighted by Crippen LogP contribution is 2.21. The molecule has 22 heavy (non-hydrogen) atoms. The highest BCUT2D eigenvalue weighted by molar-refractivity contribution is 9.10. The third-order valence-corrected chi connectivity index (χ3v) is 4.71. The van der Waals surface area contributed by atoms with Crippen LogP contribution in [0.3, 0.4) is 0 Å². The van der Waals surface area contributed by atoms with Crippen LogP contribution in [-0.2, 0) is 16.6 Å². The van der Waals surface area contributed by atoms with Gasteiger partial charge in [-0.1, -0.05) is 34.1 Å². The first kappa shape index (κ1) is 16.9. The van der Waals surface area contributed by atoms with Gasteiger partial charge in [-0.15, -0.1) is 0 Å². The molecule has 0 saturated heterocycles. The number of rotatable bonds is 6. The van der Waals surface area contributed by atoms with E-state index in [0.717, 1.165) is 4.47 Å². The lowest BCUT2D eigenvalue weighted by molar-refractivity contribution is -0.0504. The first-order chi connectivity index (χ1) is 10.4. The lowest BCUT2D eigenvalue weighted by Crippen LogP contribution is -2.23. The molecule has 0 unspecified atom stereocenters. The Kier molecular flexibility index (Phi) is 5.49. The van der Waals surface area contributed by atoms with E-state index >= 15 is 0 Å². The molecule has 0 heterocycles. The first-order valence-electron chi connectivity index (χ1n) is 6.16. The molecule has 1 N–H and O–H groups in total. The average Bonchev–Trinajstić information content (AvgIpc) is 2.46. The number of para-hydroxylation sites is 1. The molecule has 2 aromatic carbocycles. The summed E-state index contributed by atoms with van der Waals surface area (Å²) < 4.78 is 56.4. The number of halogens is 3. The molecular weight excluding hydrogens is 380 g/mol. The predicted molar refractivity (Wildman–Crippen MR) is 81.2 cm³/mol. The van der Waals surface area contributed by atoms with E-state index in [1.807, 2.05) is 0 Å². The van der Waals surface area contributed by atoms with Crippen LogP contribution >= 0.6 is 15.9 Å². The summed E-state index contributed by atoms with van der Waals surface area (Å²) in [7, 11) is -3.73. The maximum atomic E-state index is 12.3. The molecular formula is C14H12BrF2NO3S. The minimum atomic E-state index is -3.73. The maximum Gasteiger partial charge on any atom is 0.387 e. The van der Waals surface area contributed by atoms with Gasteiger partial charge in [0.25, 0.3) is 0 Å². The molecule has 0 radical (unpaired) electrons. The molecule has 0 aliphatic heterocycles. The van der Waals surface area contributed by atoms with E-state index in [-0.39, 0.29) is 17.2 Å². The van der Waals surface area contributed by atoms with E-state index in [1.165, 1.54) is 30.3 Å². The summed E-state index contributed by atoms with van der Waals surface area (Å²) >= 11 is 3.22. The van der Waals surface area contributed by atoms with E-state index in [9.17, 15) is 17.2 Å². The molecule has 0 aliphatic carbocycles. The molecule has 4 nitrogen and oxygen atoms in total. The summed E-state index contributed by atoms with van der Waals surface area (Å²) in [5, 5.41) is 0. The number of hydrogen-bond donors (Lipinski definition) is 1. The van der Waals surface area contributed by atoms with Crippen molar-refractivity contribution in [3.05, 3.63) is 58.6 Å². The SMILES string of the molecule is O=S(=O)(NCc1ccccc1OC(F)F)c1ccc(Br)cc1. The van der Waals surface area contributed by atoms with Crippen molar-refractivity contribution >= 4 is 26.0 Å². The summed E-state index contributed by atoms with van der Waals surface area (Å²) in [5.74, 6) is -0.0593. The van der Waals surface area contributed by atoms with Crippen molar-refractivity contribution in [3.63, 3.8) is 0 Å². The minimum Gasteiger partial charge on any atom is -0.434 e. The van der Waals surface area contributed by atoms with E-state index in [1.54, 1.807) is 18.2 Å². The fraction of sp³-hybridized carbons (Fsp3) is 0.143. The third kappa shape index (κ3) is 4.49. The van der Waals surface area contributed by atoms with Crippen molar-refractivity contribution in [1.29, 1.82) is 0 Å². The fourth-order valence-electron chi connectivity index (χ4n) is 1.73. The Morgan fingerprint density at radius 2 is 1.73 bits per heavy atom. The summed E-state index contributed by atoms with van der Waals surface area (Å²) in [6.45, 7) is -3.12. The van der Waals surface area contributed by atoms with E-state index < -0.39 is 16.6 Å². The Morgan fingerprint density at radius 3 is 2.36 bits per heavy atom. The maximum absolute atomic E-state index is 12.3. The zero-order valence-corrected chi connectivity index (χ0v) is 13.6. The molecule has 8 heteroatoms. The van der Waals surface area contributed by atoms with Gasteiger partial charge in [-0.05, 0) is 30.3 Å². The van der Waals surface area contributed by atoms with E-state index in [2.05, 4.69) is 25.4 Å². The Morgan fingerprint density at radius 1 is 1.09 bits per heavy atom. The summed E-state index contributed by atoms with van der Waals surface area (Å²) in [6, 6.07) is 12.1. The molecule has 118 valence electrons. The van der Waals surface area contributed by atoms with Crippen LogP contribution < -0.4 is 9.46 Å². The van der Waals surface area contributed by atoms with E-state index in [0.29, 0.717) is 5.56 Å². The van der Waals surface area contributed by atoms with Gasteiger partial charge in [0.05, 0.1) is 4.90 Å². The van der Waals surface area contributed by atoms with Crippen LogP contribution in [0.4, 0.5) is 8.78 Å². The molecule has 2 rings (SSSR count). The van der Waals surface area contributed by atoms with Crippen molar-refractivity contribution in [1.82, 2.24) is 4.72 Å². The molecule has 0 bridgehead atoms. The number of hydrogen-bond acceptors (Lipinski definition) is 3. The van der Waals surface area contributed by atoms with Gasteiger partial charge in [-0.3, -0.25) is 0 Å². The normalized spacial score (nSPS) is 11.6. The molecule has 0 aromatic heterocycles. The van der Waals surface area contributed by atoms with Crippen LogP contribution in [0, 0.1) is 0 Å². The second-order valence-electron chi connectivity index (χ2n) is 4.26. The molecule has 2 aromatic rings. The highest BCUT2D eigenvalue weighted by atomic mass is 79.9. The zero-order valence-electron chi connectivity index (χ0n) is 11.2.